The lowest BCUT2D eigenvalue weighted by atomic mass is 10.2. The number of nitriles is 1. The van der Waals surface area contributed by atoms with Crippen molar-refractivity contribution in [3.8, 4) is 6.07 Å². The lowest BCUT2D eigenvalue weighted by molar-refractivity contribution is 0.503. The molecule has 0 amide bonds. The van der Waals surface area contributed by atoms with Gasteiger partial charge in [0.1, 0.15) is 0 Å². The highest BCUT2D eigenvalue weighted by molar-refractivity contribution is 4.84. The van der Waals surface area contributed by atoms with Gasteiger partial charge in [-0.1, -0.05) is 0 Å². The quantitative estimate of drug-likeness (QED) is 0.594. The lowest BCUT2D eigenvalue weighted by Crippen LogP contribution is -2.28. The van der Waals surface area contributed by atoms with E-state index in [1.54, 1.807) is 0 Å². The molecule has 2 nitrogen and oxygen atoms in total. The molecule has 0 saturated heterocycles. The summed E-state index contributed by atoms with van der Waals surface area (Å²) in [6, 6.07) is 2.75. The van der Waals surface area contributed by atoms with Crippen molar-refractivity contribution in [3.05, 3.63) is 0 Å². The van der Waals surface area contributed by atoms with E-state index in [1.807, 2.05) is 0 Å². The van der Waals surface area contributed by atoms with Crippen molar-refractivity contribution < 1.29 is 0 Å². The Morgan fingerprint density at radius 2 is 2.40 bits per heavy atom. The van der Waals surface area contributed by atoms with E-state index < -0.39 is 0 Å². The molecule has 56 valence electrons. The second-order valence-electron chi connectivity index (χ2n) is 2.99. The zero-order valence-corrected chi connectivity index (χ0v) is 6.43. The topological polar surface area (TPSA) is 35.8 Å². The first-order valence-corrected chi connectivity index (χ1v) is 3.95. The highest BCUT2D eigenvalue weighted by Crippen LogP contribution is 2.32. The summed E-state index contributed by atoms with van der Waals surface area (Å²) in [6.45, 7) is 3.06. The van der Waals surface area contributed by atoms with Crippen LogP contribution in [-0.2, 0) is 0 Å². The summed E-state index contributed by atoms with van der Waals surface area (Å²) in [7, 11) is 0. The van der Waals surface area contributed by atoms with Crippen molar-refractivity contribution in [3.63, 3.8) is 0 Å². The third kappa shape index (κ3) is 2.36. The first-order valence-electron chi connectivity index (χ1n) is 3.95. The maximum Gasteiger partial charge on any atom is 0.0635 e. The minimum absolute atomic E-state index is 0.633. The van der Waals surface area contributed by atoms with E-state index in [2.05, 4.69) is 18.3 Å². The second-order valence-corrected chi connectivity index (χ2v) is 2.99. The van der Waals surface area contributed by atoms with Gasteiger partial charge in [0.25, 0.3) is 0 Å². The van der Waals surface area contributed by atoms with E-state index in [-0.39, 0.29) is 0 Å². The van der Waals surface area contributed by atoms with Gasteiger partial charge in [-0.3, -0.25) is 0 Å². The first-order chi connectivity index (χ1) is 4.84. The molecule has 1 N–H and O–H groups in total. The molecule has 1 fully saturated rings. The van der Waals surface area contributed by atoms with Gasteiger partial charge in [-0.25, -0.2) is 0 Å². The van der Waals surface area contributed by atoms with Crippen LogP contribution in [0.3, 0.4) is 0 Å². The van der Waals surface area contributed by atoms with Crippen molar-refractivity contribution in [1.29, 1.82) is 5.26 Å². The molecular weight excluding hydrogens is 124 g/mol. The van der Waals surface area contributed by atoms with Gasteiger partial charge in [0.05, 0.1) is 6.07 Å². The lowest BCUT2D eigenvalue weighted by Gasteiger charge is -2.09. The fourth-order valence-corrected chi connectivity index (χ4v) is 1.12. The molecule has 2 heteroatoms. The number of rotatable bonds is 4. The molecule has 1 atom stereocenters. The molecule has 1 unspecified atom stereocenters. The summed E-state index contributed by atoms with van der Waals surface area (Å²) < 4.78 is 0. The van der Waals surface area contributed by atoms with Crippen LogP contribution in [0.4, 0.5) is 0 Å². The molecular formula is C8H14N2. The molecule has 0 aromatic rings. The van der Waals surface area contributed by atoms with Gasteiger partial charge in [0.2, 0.25) is 0 Å². The van der Waals surface area contributed by atoms with Crippen molar-refractivity contribution in [2.75, 3.05) is 6.54 Å². The van der Waals surface area contributed by atoms with E-state index >= 15 is 0 Å². The van der Waals surface area contributed by atoms with Crippen LogP contribution in [0.5, 0.6) is 0 Å². The Kier molecular flexibility index (Phi) is 2.70. The third-order valence-electron chi connectivity index (χ3n) is 2.03. The molecule has 0 aromatic carbocycles. The Bertz CT molecular complexity index is 133. The van der Waals surface area contributed by atoms with Gasteiger partial charge in [-0.05, 0) is 25.7 Å². The van der Waals surface area contributed by atoms with Gasteiger partial charge >= 0.3 is 0 Å². The average Bonchev–Trinajstić information content (AvgIpc) is 2.69. The summed E-state index contributed by atoms with van der Waals surface area (Å²) in [5, 5.41) is 11.6. The number of hydrogen-bond acceptors (Lipinski definition) is 2. The molecule has 1 aliphatic carbocycles. The van der Waals surface area contributed by atoms with Crippen molar-refractivity contribution in [2.24, 2.45) is 5.92 Å². The van der Waals surface area contributed by atoms with Crippen molar-refractivity contribution in [1.82, 2.24) is 5.32 Å². The fourth-order valence-electron chi connectivity index (χ4n) is 1.12. The Morgan fingerprint density at radius 3 is 2.90 bits per heavy atom. The summed E-state index contributed by atoms with van der Waals surface area (Å²) in [5.41, 5.74) is 0. The Morgan fingerprint density at radius 1 is 1.70 bits per heavy atom. The molecule has 1 rings (SSSR count). The maximum absolute atomic E-state index is 8.24. The standard InChI is InChI=1S/C8H14N2/c1-7(8-3-4-8)10-6-2-5-9/h7-8,10H,2-4,6H2,1H3. The zero-order valence-electron chi connectivity index (χ0n) is 6.43. The maximum atomic E-state index is 8.24. The normalized spacial score (nSPS) is 20.0. The minimum atomic E-state index is 0.633. The molecule has 0 aromatic heterocycles. The van der Waals surface area contributed by atoms with Gasteiger partial charge in [-0.2, -0.15) is 5.26 Å². The summed E-state index contributed by atoms with van der Waals surface area (Å²) in [4.78, 5) is 0. The first kappa shape index (κ1) is 7.56. The van der Waals surface area contributed by atoms with Crippen LogP contribution in [0.2, 0.25) is 0 Å². The van der Waals surface area contributed by atoms with Gasteiger partial charge in [-0.15, -0.1) is 0 Å². The molecule has 0 radical (unpaired) electrons. The van der Waals surface area contributed by atoms with Gasteiger partial charge in [0, 0.05) is 19.0 Å². The van der Waals surface area contributed by atoms with Crippen LogP contribution in [-0.4, -0.2) is 12.6 Å². The van der Waals surface area contributed by atoms with Crippen LogP contribution in [0.25, 0.3) is 0 Å². The predicted molar refractivity (Wildman–Crippen MR) is 40.4 cm³/mol. The highest BCUT2D eigenvalue weighted by Gasteiger charge is 2.26. The smallest absolute Gasteiger partial charge is 0.0635 e. The summed E-state index contributed by atoms with van der Waals surface area (Å²) >= 11 is 0. The zero-order chi connectivity index (χ0) is 7.40. The van der Waals surface area contributed by atoms with Crippen molar-refractivity contribution in [2.45, 2.75) is 32.2 Å². The molecule has 1 aliphatic rings. The highest BCUT2D eigenvalue weighted by atomic mass is 14.9. The number of hydrogen-bond donors (Lipinski definition) is 1. The molecule has 0 aliphatic heterocycles. The molecule has 1 saturated carbocycles. The third-order valence-corrected chi connectivity index (χ3v) is 2.03. The average molecular weight is 138 g/mol. The van der Waals surface area contributed by atoms with Crippen LogP contribution in [0, 0.1) is 17.2 Å². The minimum Gasteiger partial charge on any atom is -0.313 e. The van der Waals surface area contributed by atoms with E-state index in [1.165, 1.54) is 12.8 Å². The largest absolute Gasteiger partial charge is 0.313 e. The van der Waals surface area contributed by atoms with Crippen molar-refractivity contribution >= 4 is 0 Å². The number of nitrogens with zero attached hydrogens (tertiary/aromatic N) is 1. The van der Waals surface area contributed by atoms with Gasteiger partial charge in [0.15, 0.2) is 0 Å². The molecule has 0 heterocycles. The van der Waals surface area contributed by atoms with Crippen LogP contribution < -0.4 is 5.32 Å². The monoisotopic (exact) mass is 138 g/mol. The van der Waals surface area contributed by atoms with Crippen LogP contribution in [0.15, 0.2) is 0 Å². The van der Waals surface area contributed by atoms with Crippen LogP contribution >= 0.6 is 0 Å². The Labute approximate surface area is 62.2 Å². The summed E-state index contributed by atoms with van der Waals surface area (Å²) in [6.07, 6.45) is 3.39. The van der Waals surface area contributed by atoms with Gasteiger partial charge < -0.3 is 5.32 Å². The molecule has 0 bridgehead atoms. The van der Waals surface area contributed by atoms with E-state index in [9.17, 15) is 0 Å². The predicted octanol–water partition coefficient (Wildman–Crippen LogP) is 1.29. The van der Waals surface area contributed by atoms with Crippen LogP contribution in [0.1, 0.15) is 26.2 Å². The Hall–Kier alpha value is -0.550. The second kappa shape index (κ2) is 3.58. The fraction of sp³-hybridized carbons (Fsp3) is 0.875. The molecule has 10 heavy (non-hydrogen) atoms. The van der Waals surface area contributed by atoms with E-state index in [0.717, 1.165) is 12.5 Å². The van der Waals surface area contributed by atoms with E-state index in [0.29, 0.717) is 12.5 Å². The number of nitrogens with one attached hydrogen (secondary N) is 1. The SMILES string of the molecule is CC(NCCC#N)C1CC1. The Balaban J connectivity index is 1.96. The summed E-state index contributed by atoms with van der Waals surface area (Å²) in [5.74, 6) is 0.902. The van der Waals surface area contributed by atoms with E-state index in [4.69, 9.17) is 5.26 Å². The molecule has 0 spiro atoms.